The van der Waals surface area contributed by atoms with Gasteiger partial charge in [-0.25, -0.2) is 0 Å². The lowest BCUT2D eigenvalue weighted by Crippen LogP contribution is -2.45. The first-order valence-electron chi connectivity index (χ1n) is 9.53. The largest absolute Gasteiger partial charge is 0.496 e. The van der Waals surface area contributed by atoms with E-state index in [2.05, 4.69) is 32.9 Å². The maximum Gasteiger partial charge on any atom is 0.140 e. The van der Waals surface area contributed by atoms with Crippen molar-refractivity contribution in [3.63, 3.8) is 0 Å². The predicted molar refractivity (Wildman–Crippen MR) is 99.3 cm³/mol. The minimum atomic E-state index is 0.635. The highest BCUT2D eigenvalue weighted by Crippen LogP contribution is 2.40. The Labute approximate surface area is 155 Å². The highest BCUT2D eigenvalue weighted by molar-refractivity contribution is 5.41. The van der Waals surface area contributed by atoms with Crippen molar-refractivity contribution in [3.05, 3.63) is 40.5 Å². The Balaban J connectivity index is 1.30. The summed E-state index contributed by atoms with van der Waals surface area (Å²) in [4.78, 5) is 9.57. The van der Waals surface area contributed by atoms with Crippen LogP contribution in [0.1, 0.15) is 47.0 Å². The molecule has 2 aliphatic rings. The van der Waals surface area contributed by atoms with Crippen LogP contribution in [-0.2, 0) is 13.1 Å². The van der Waals surface area contributed by atoms with Crippen molar-refractivity contribution in [2.24, 2.45) is 0 Å². The SMILES string of the molecule is COc1c(C)cnc(CN2CCN(Cc3cc(C4CC4)on3)CC2)c1C. The van der Waals surface area contributed by atoms with Gasteiger partial charge in [-0.3, -0.25) is 14.8 Å². The van der Waals surface area contributed by atoms with Crippen LogP contribution in [-0.4, -0.2) is 53.2 Å². The van der Waals surface area contributed by atoms with Gasteiger partial charge < -0.3 is 9.26 Å². The lowest BCUT2D eigenvalue weighted by Gasteiger charge is -2.34. The number of piperazine rings is 1. The number of ether oxygens (including phenoxy) is 1. The van der Waals surface area contributed by atoms with Crippen molar-refractivity contribution in [1.82, 2.24) is 19.9 Å². The van der Waals surface area contributed by atoms with Gasteiger partial charge in [0.1, 0.15) is 11.5 Å². The summed E-state index contributed by atoms with van der Waals surface area (Å²) in [6, 6.07) is 2.15. The number of pyridine rings is 1. The van der Waals surface area contributed by atoms with Crippen molar-refractivity contribution in [1.29, 1.82) is 0 Å². The first kappa shape index (κ1) is 17.5. The Morgan fingerprint density at radius 2 is 1.81 bits per heavy atom. The molecule has 6 nitrogen and oxygen atoms in total. The molecule has 0 atom stereocenters. The van der Waals surface area contributed by atoms with Crippen molar-refractivity contribution in [3.8, 4) is 5.75 Å². The van der Waals surface area contributed by atoms with E-state index in [4.69, 9.17) is 9.26 Å². The number of methoxy groups -OCH3 is 1. The molecule has 140 valence electrons. The fourth-order valence-corrected chi connectivity index (χ4v) is 3.74. The molecule has 2 aromatic rings. The van der Waals surface area contributed by atoms with Crippen LogP contribution in [0.5, 0.6) is 5.75 Å². The van der Waals surface area contributed by atoms with E-state index in [0.717, 1.165) is 73.3 Å². The molecule has 1 saturated carbocycles. The third kappa shape index (κ3) is 3.76. The monoisotopic (exact) mass is 356 g/mol. The molecule has 26 heavy (non-hydrogen) atoms. The molecule has 1 saturated heterocycles. The van der Waals surface area contributed by atoms with Crippen LogP contribution in [0.15, 0.2) is 16.8 Å². The van der Waals surface area contributed by atoms with Crippen LogP contribution in [0.4, 0.5) is 0 Å². The van der Waals surface area contributed by atoms with Gasteiger partial charge in [0.05, 0.1) is 18.5 Å². The van der Waals surface area contributed by atoms with Gasteiger partial charge in [0.25, 0.3) is 0 Å². The van der Waals surface area contributed by atoms with Gasteiger partial charge in [0.2, 0.25) is 0 Å². The summed E-state index contributed by atoms with van der Waals surface area (Å²) in [7, 11) is 1.73. The van der Waals surface area contributed by atoms with Crippen LogP contribution in [0.3, 0.4) is 0 Å². The molecular formula is C20H28N4O2. The summed E-state index contributed by atoms with van der Waals surface area (Å²) in [6.07, 6.45) is 4.43. The average Bonchev–Trinajstić information content (AvgIpc) is 3.39. The topological polar surface area (TPSA) is 54.6 Å². The van der Waals surface area contributed by atoms with E-state index in [1.807, 2.05) is 13.1 Å². The normalized spacial score (nSPS) is 19.0. The quantitative estimate of drug-likeness (QED) is 0.793. The van der Waals surface area contributed by atoms with E-state index >= 15 is 0 Å². The smallest absolute Gasteiger partial charge is 0.140 e. The lowest BCUT2D eigenvalue weighted by molar-refractivity contribution is 0.118. The number of hydrogen-bond acceptors (Lipinski definition) is 6. The number of aromatic nitrogens is 2. The van der Waals surface area contributed by atoms with Gasteiger partial charge in [0, 0.05) is 68.6 Å². The van der Waals surface area contributed by atoms with Gasteiger partial charge in [-0.15, -0.1) is 0 Å². The van der Waals surface area contributed by atoms with Crippen molar-refractivity contribution in [2.75, 3.05) is 33.3 Å². The van der Waals surface area contributed by atoms with Crippen LogP contribution in [0.2, 0.25) is 0 Å². The average molecular weight is 356 g/mol. The van der Waals surface area contributed by atoms with Gasteiger partial charge in [-0.05, 0) is 26.7 Å². The molecule has 2 aromatic heterocycles. The standard InChI is InChI=1S/C20H28N4O2/c1-14-11-21-18(15(2)20(14)25-3)13-24-8-6-23(7-9-24)12-17-10-19(26-22-17)16-4-5-16/h10-11,16H,4-9,12-13H2,1-3H3. The maximum absolute atomic E-state index is 5.53. The summed E-state index contributed by atoms with van der Waals surface area (Å²) in [6.45, 7) is 10.1. The Morgan fingerprint density at radius 3 is 2.46 bits per heavy atom. The highest BCUT2D eigenvalue weighted by Gasteiger charge is 2.28. The molecule has 0 amide bonds. The molecule has 3 heterocycles. The van der Waals surface area contributed by atoms with Gasteiger partial charge >= 0.3 is 0 Å². The second-order valence-electron chi connectivity index (χ2n) is 7.59. The summed E-state index contributed by atoms with van der Waals surface area (Å²) < 4.78 is 11.0. The first-order valence-corrected chi connectivity index (χ1v) is 9.53. The lowest BCUT2D eigenvalue weighted by atomic mass is 10.1. The fourth-order valence-electron chi connectivity index (χ4n) is 3.74. The van der Waals surface area contributed by atoms with Crippen LogP contribution < -0.4 is 4.74 Å². The van der Waals surface area contributed by atoms with E-state index in [1.165, 1.54) is 12.8 Å². The molecule has 2 fully saturated rings. The van der Waals surface area contributed by atoms with Crippen LogP contribution in [0, 0.1) is 13.8 Å². The molecule has 0 N–H and O–H groups in total. The van der Waals surface area contributed by atoms with Gasteiger partial charge in [-0.2, -0.15) is 0 Å². The van der Waals surface area contributed by atoms with Gasteiger partial charge in [-0.1, -0.05) is 5.16 Å². The second kappa shape index (κ2) is 7.37. The van der Waals surface area contributed by atoms with Crippen molar-refractivity contribution < 1.29 is 9.26 Å². The molecule has 0 aromatic carbocycles. The Hall–Kier alpha value is -1.92. The second-order valence-corrected chi connectivity index (χ2v) is 7.59. The Morgan fingerprint density at radius 1 is 1.12 bits per heavy atom. The predicted octanol–water partition coefficient (Wildman–Crippen LogP) is 2.89. The molecule has 0 spiro atoms. The fraction of sp³-hybridized carbons (Fsp3) is 0.600. The van der Waals surface area contributed by atoms with E-state index in [-0.39, 0.29) is 0 Å². The van der Waals surface area contributed by atoms with E-state index in [0.29, 0.717) is 5.92 Å². The van der Waals surface area contributed by atoms with Crippen LogP contribution >= 0.6 is 0 Å². The van der Waals surface area contributed by atoms with Crippen LogP contribution in [0.25, 0.3) is 0 Å². The number of aryl methyl sites for hydroxylation is 1. The van der Waals surface area contributed by atoms with Crippen molar-refractivity contribution >= 4 is 0 Å². The molecule has 0 radical (unpaired) electrons. The maximum atomic E-state index is 5.53. The zero-order valence-corrected chi connectivity index (χ0v) is 16.0. The summed E-state index contributed by atoms with van der Waals surface area (Å²) in [5.41, 5.74) is 4.44. The minimum absolute atomic E-state index is 0.635. The molecule has 6 heteroatoms. The number of rotatable bonds is 6. The van der Waals surface area contributed by atoms with E-state index < -0.39 is 0 Å². The number of nitrogens with zero attached hydrogens (tertiary/aromatic N) is 4. The molecular weight excluding hydrogens is 328 g/mol. The van der Waals surface area contributed by atoms with Crippen molar-refractivity contribution in [2.45, 2.75) is 45.7 Å². The Kier molecular flexibility index (Phi) is 4.96. The van der Waals surface area contributed by atoms with Gasteiger partial charge in [0.15, 0.2) is 0 Å². The summed E-state index contributed by atoms with van der Waals surface area (Å²) in [5, 5.41) is 4.24. The minimum Gasteiger partial charge on any atom is -0.496 e. The summed E-state index contributed by atoms with van der Waals surface area (Å²) >= 11 is 0. The molecule has 4 rings (SSSR count). The zero-order valence-electron chi connectivity index (χ0n) is 16.0. The third-order valence-corrected chi connectivity index (χ3v) is 5.53. The molecule has 1 aliphatic heterocycles. The first-order chi connectivity index (χ1) is 12.6. The van der Waals surface area contributed by atoms with E-state index in [9.17, 15) is 0 Å². The summed E-state index contributed by atoms with van der Waals surface area (Å²) in [5.74, 6) is 2.68. The molecule has 0 bridgehead atoms. The molecule has 0 unspecified atom stereocenters. The van der Waals surface area contributed by atoms with E-state index in [1.54, 1.807) is 7.11 Å². The molecule has 1 aliphatic carbocycles. The highest BCUT2D eigenvalue weighted by atomic mass is 16.5. The third-order valence-electron chi connectivity index (χ3n) is 5.53. The Bertz CT molecular complexity index is 761. The number of hydrogen-bond donors (Lipinski definition) is 0. The zero-order chi connectivity index (χ0) is 18.1.